The summed E-state index contributed by atoms with van der Waals surface area (Å²) < 4.78 is 1.85. The quantitative estimate of drug-likeness (QED) is 0.662. The summed E-state index contributed by atoms with van der Waals surface area (Å²) in [6.07, 6.45) is 13.3. The summed E-state index contributed by atoms with van der Waals surface area (Å²) in [7, 11) is 0. The van der Waals surface area contributed by atoms with E-state index < -0.39 is 0 Å². The Morgan fingerprint density at radius 3 is 2.86 bits per heavy atom. The molecule has 2 aromatic heterocycles. The number of carbonyl (C=O) groups excluding carboxylic acids is 1. The third kappa shape index (κ3) is 4.44. The van der Waals surface area contributed by atoms with Gasteiger partial charge in [-0.1, -0.05) is 30.3 Å². The minimum Gasteiger partial charge on any atom is -0.342 e. The Morgan fingerprint density at radius 1 is 1.14 bits per heavy atom. The van der Waals surface area contributed by atoms with E-state index in [1.54, 1.807) is 18.7 Å². The number of carbonyl (C=O) groups is 1. The molecule has 4 rings (SSSR count). The standard InChI is InChI=1S/C22H25N5O/c28-22(10-4-8-18-6-2-1-3-7-18)26-12-5-9-19(16-26)20-14-24-15-21(25-20)27-13-11-23-17-27/h1-3,6-7,11,13-15,17,19H,4-5,8-10,12,16H2. The van der Waals surface area contributed by atoms with Crippen molar-refractivity contribution in [1.82, 2.24) is 24.4 Å². The number of nitrogens with zero attached hydrogens (tertiary/aromatic N) is 5. The fraction of sp³-hybridized carbons (Fsp3) is 0.364. The van der Waals surface area contributed by atoms with Crippen LogP contribution in [0.2, 0.25) is 0 Å². The molecule has 6 heteroatoms. The predicted molar refractivity (Wildman–Crippen MR) is 107 cm³/mol. The molecule has 0 radical (unpaired) electrons. The number of likely N-dealkylation sites (tertiary alicyclic amines) is 1. The summed E-state index contributed by atoms with van der Waals surface area (Å²) in [6, 6.07) is 10.4. The molecule has 6 nitrogen and oxygen atoms in total. The Labute approximate surface area is 165 Å². The highest BCUT2D eigenvalue weighted by atomic mass is 16.2. The number of piperidine rings is 1. The van der Waals surface area contributed by atoms with Gasteiger partial charge in [-0.3, -0.25) is 14.3 Å². The normalized spacial score (nSPS) is 16.9. The van der Waals surface area contributed by atoms with E-state index in [1.165, 1.54) is 5.56 Å². The van der Waals surface area contributed by atoms with E-state index in [-0.39, 0.29) is 11.8 Å². The van der Waals surface area contributed by atoms with Crippen LogP contribution in [0.1, 0.15) is 42.9 Å². The molecule has 1 aliphatic heterocycles. The van der Waals surface area contributed by atoms with Crippen LogP contribution >= 0.6 is 0 Å². The van der Waals surface area contributed by atoms with Gasteiger partial charge in [0.1, 0.15) is 6.33 Å². The van der Waals surface area contributed by atoms with Gasteiger partial charge in [0.2, 0.25) is 5.91 Å². The minimum atomic E-state index is 0.239. The van der Waals surface area contributed by atoms with Crippen LogP contribution in [0, 0.1) is 0 Å². The first-order chi connectivity index (χ1) is 13.8. The second-order valence-corrected chi connectivity index (χ2v) is 7.29. The SMILES string of the molecule is O=C(CCCc1ccccc1)N1CCCC(c2cncc(-n3ccnc3)n2)C1. The van der Waals surface area contributed by atoms with Crippen LogP contribution in [0.15, 0.2) is 61.4 Å². The second kappa shape index (κ2) is 8.78. The van der Waals surface area contributed by atoms with Gasteiger partial charge in [0.05, 0.1) is 11.9 Å². The first-order valence-corrected chi connectivity index (χ1v) is 9.91. The van der Waals surface area contributed by atoms with Crippen molar-refractivity contribution in [1.29, 1.82) is 0 Å². The smallest absolute Gasteiger partial charge is 0.222 e. The average Bonchev–Trinajstić information content (AvgIpc) is 3.30. The summed E-state index contributed by atoms with van der Waals surface area (Å²) >= 11 is 0. The van der Waals surface area contributed by atoms with Gasteiger partial charge >= 0.3 is 0 Å². The zero-order valence-corrected chi connectivity index (χ0v) is 15.9. The molecule has 0 bridgehead atoms. The molecule has 1 saturated heterocycles. The van der Waals surface area contributed by atoms with Crippen LogP contribution in [0.25, 0.3) is 5.82 Å². The van der Waals surface area contributed by atoms with Crippen LogP contribution in [-0.4, -0.2) is 43.4 Å². The predicted octanol–water partition coefficient (Wildman–Crippen LogP) is 3.39. The molecule has 3 aromatic rings. The molecule has 3 heterocycles. The fourth-order valence-corrected chi connectivity index (χ4v) is 3.78. The maximum atomic E-state index is 12.7. The number of imidazole rings is 1. The highest BCUT2D eigenvalue weighted by molar-refractivity contribution is 5.76. The maximum Gasteiger partial charge on any atom is 0.222 e. The minimum absolute atomic E-state index is 0.239. The van der Waals surface area contributed by atoms with Crippen molar-refractivity contribution < 1.29 is 4.79 Å². The number of rotatable bonds is 6. The molecular weight excluding hydrogens is 350 g/mol. The molecule has 0 saturated carbocycles. The Bertz CT molecular complexity index is 894. The Kier molecular flexibility index (Phi) is 5.75. The molecule has 1 fully saturated rings. The molecule has 0 spiro atoms. The van der Waals surface area contributed by atoms with Gasteiger partial charge in [0.25, 0.3) is 0 Å². The molecule has 1 aliphatic rings. The monoisotopic (exact) mass is 375 g/mol. The van der Waals surface area contributed by atoms with Crippen LogP contribution < -0.4 is 0 Å². The summed E-state index contributed by atoms with van der Waals surface area (Å²) in [5, 5.41) is 0. The van der Waals surface area contributed by atoms with Gasteiger partial charge in [-0.2, -0.15) is 0 Å². The molecule has 1 amide bonds. The molecular formula is C22H25N5O. The summed E-state index contributed by atoms with van der Waals surface area (Å²) in [5.74, 6) is 1.25. The number of hydrogen-bond acceptors (Lipinski definition) is 4. The summed E-state index contributed by atoms with van der Waals surface area (Å²) in [6.45, 7) is 1.57. The largest absolute Gasteiger partial charge is 0.342 e. The van der Waals surface area contributed by atoms with Gasteiger partial charge < -0.3 is 4.90 Å². The third-order valence-corrected chi connectivity index (χ3v) is 5.30. The van der Waals surface area contributed by atoms with E-state index in [1.807, 2.05) is 40.1 Å². The van der Waals surface area contributed by atoms with Crippen LogP contribution in [-0.2, 0) is 11.2 Å². The highest BCUT2D eigenvalue weighted by Gasteiger charge is 2.25. The van der Waals surface area contributed by atoms with Gasteiger partial charge in [-0.15, -0.1) is 0 Å². The van der Waals surface area contributed by atoms with Crippen molar-refractivity contribution in [2.75, 3.05) is 13.1 Å². The van der Waals surface area contributed by atoms with E-state index in [2.05, 4.69) is 22.1 Å². The molecule has 28 heavy (non-hydrogen) atoms. The van der Waals surface area contributed by atoms with Crippen molar-refractivity contribution in [2.45, 2.75) is 38.0 Å². The topological polar surface area (TPSA) is 63.9 Å². The van der Waals surface area contributed by atoms with Crippen LogP contribution in [0.3, 0.4) is 0 Å². The van der Waals surface area contributed by atoms with Crippen molar-refractivity contribution in [3.05, 3.63) is 72.7 Å². The first kappa shape index (κ1) is 18.3. The summed E-state index contributed by atoms with van der Waals surface area (Å²) in [4.78, 5) is 27.9. The number of aryl methyl sites for hydroxylation is 1. The van der Waals surface area contributed by atoms with Crippen molar-refractivity contribution in [3.63, 3.8) is 0 Å². The average molecular weight is 375 g/mol. The van der Waals surface area contributed by atoms with Crippen LogP contribution in [0.5, 0.6) is 0 Å². The van der Waals surface area contributed by atoms with Crippen molar-refractivity contribution >= 4 is 5.91 Å². The number of aromatic nitrogens is 4. The van der Waals surface area contributed by atoms with Crippen LogP contribution in [0.4, 0.5) is 0 Å². The first-order valence-electron chi connectivity index (χ1n) is 9.91. The van der Waals surface area contributed by atoms with Crippen molar-refractivity contribution in [2.24, 2.45) is 0 Å². The lowest BCUT2D eigenvalue weighted by molar-refractivity contribution is -0.132. The van der Waals surface area contributed by atoms with Crippen molar-refractivity contribution in [3.8, 4) is 5.82 Å². The Hall–Kier alpha value is -3.02. The molecule has 0 aliphatic carbocycles. The summed E-state index contributed by atoms with van der Waals surface area (Å²) in [5.41, 5.74) is 2.24. The Balaban J connectivity index is 1.35. The molecule has 144 valence electrons. The highest BCUT2D eigenvalue weighted by Crippen LogP contribution is 2.26. The third-order valence-electron chi connectivity index (χ3n) is 5.30. The lowest BCUT2D eigenvalue weighted by Crippen LogP contribution is -2.39. The molecule has 0 N–H and O–H groups in total. The number of benzene rings is 1. The van der Waals surface area contributed by atoms with E-state index in [0.717, 1.165) is 50.3 Å². The molecule has 1 atom stereocenters. The van der Waals surface area contributed by atoms with E-state index in [4.69, 9.17) is 4.98 Å². The van der Waals surface area contributed by atoms with E-state index in [0.29, 0.717) is 6.42 Å². The zero-order chi connectivity index (χ0) is 19.2. The molecule has 1 unspecified atom stereocenters. The zero-order valence-electron chi connectivity index (χ0n) is 15.9. The lowest BCUT2D eigenvalue weighted by Gasteiger charge is -2.32. The fourth-order valence-electron chi connectivity index (χ4n) is 3.78. The van der Waals surface area contributed by atoms with E-state index >= 15 is 0 Å². The number of hydrogen-bond donors (Lipinski definition) is 0. The second-order valence-electron chi connectivity index (χ2n) is 7.29. The lowest BCUT2D eigenvalue weighted by atomic mass is 9.94. The van der Waals surface area contributed by atoms with Gasteiger partial charge in [-0.25, -0.2) is 9.97 Å². The number of amides is 1. The Morgan fingerprint density at radius 2 is 2.04 bits per heavy atom. The molecule has 1 aromatic carbocycles. The van der Waals surface area contributed by atoms with Gasteiger partial charge in [0.15, 0.2) is 5.82 Å². The van der Waals surface area contributed by atoms with Gasteiger partial charge in [-0.05, 0) is 31.2 Å². The maximum absolute atomic E-state index is 12.7. The van der Waals surface area contributed by atoms with E-state index in [9.17, 15) is 4.79 Å². The van der Waals surface area contributed by atoms with Gasteiger partial charge in [0, 0.05) is 44.0 Å².